The number of thiophene rings is 1. The Morgan fingerprint density at radius 1 is 1.20 bits per heavy atom. The van der Waals surface area contributed by atoms with Crippen molar-refractivity contribution in [2.24, 2.45) is 0 Å². The number of aromatic nitrogens is 3. The van der Waals surface area contributed by atoms with Crippen molar-refractivity contribution in [1.82, 2.24) is 14.4 Å². The number of benzene rings is 1. The van der Waals surface area contributed by atoms with Gasteiger partial charge in [-0.05, 0) is 31.2 Å². The number of imidazole rings is 1. The monoisotopic (exact) mass is 281 g/mol. The minimum Gasteiger partial charge on any atom is -0.317 e. The average Bonchev–Trinajstić information content (AvgIpc) is 3.05. The van der Waals surface area contributed by atoms with Crippen LogP contribution in [0.2, 0.25) is 0 Å². The molecule has 5 heteroatoms. The second-order valence-corrected chi connectivity index (χ2v) is 5.99. The van der Waals surface area contributed by atoms with E-state index in [0.717, 1.165) is 21.6 Å². The minimum atomic E-state index is -0.164. The molecule has 1 N–H and O–H groups in total. The average molecular weight is 281 g/mol. The molecule has 20 heavy (non-hydrogen) atoms. The van der Waals surface area contributed by atoms with Gasteiger partial charge in [0.1, 0.15) is 0 Å². The first-order chi connectivity index (χ1) is 9.72. The van der Waals surface area contributed by atoms with Crippen LogP contribution in [0.3, 0.4) is 0 Å². The van der Waals surface area contributed by atoms with E-state index in [9.17, 15) is 4.79 Å². The SMILES string of the molecule is Cc1ccc(-c2cn3c(n2)c(=O)[nH]c2ccccc23)s1. The summed E-state index contributed by atoms with van der Waals surface area (Å²) in [5.74, 6) is 0. The fourth-order valence-corrected chi connectivity index (χ4v) is 3.20. The number of fused-ring (bicyclic) bond motifs is 3. The molecule has 0 aliphatic rings. The number of para-hydroxylation sites is 2. The number of nitrogens with one attached hydrogen (secondary N) is 1. The molecule has 4 nitrogen and oxygen atoms in total. The molecule has 0 atom stereocenters. The van der Waals surface area contributed by atoms with Gasteiger partial charge in [-0.25, -0.2) is 4.98 Å². The normalized spacial score (nSPS) is 11.4. The van der Waals surface area contributed by atoms with Gasteiger partial charge < -0.3 is 4.98 Å². The van der Waals surface area contributed by atoms with Crippen molar-refractivity contribution in [3.8, 4) is 10.6 Å². The molecule has 0 radical (unpaired) electrons. The third-order valence-corrected chi connectivity index (χ3v) is 4.34. The fraction of sp³-hybridized carbons (Fsp3) is 0.0667. The number of aryl methyl sites for hydroxylation is 1. The summed E-state index contributed by atoms with van der Waals surface area (Å²) < 4.78 is 1.86. The molecule has 0 bridgehead atoms. The van der Waals surface area contributed by atoms with Crippen LogP contribution in [0.25, 0.3) is 27.3 Å². The van der Waals surface area contributed by atoms with E-state index >= 15 is 0 Å². The Hall–Kier alpha value is -2.40. The van der Waals surface area contributed by atoms with Gasteiger partial charge >= 0.3 is 0 Å². The lowest BCUT2D eigenvalue weighted by Crippen LogP contribution is -2.10. The first-order valence-electron chi connectivity index (χ1n) is 6.29. The van der Waals surface area contributed by atoms with Gasteiger partial charge in [-0.1, -0.05) is 12.1 Å². The topological polar surface area (TPSA) is 50.2 Å². The second kappa shape index (κ2) is 4.05. The van der Waals surface area contributed by atoms with Crippen LogP contribution in [0.5, 0.6) is 0 Å². The molecule has 0 spiro atoms. The van der Waals surface area contributed by atoms with E-state index in [0.29, 0.717) is 5.65 Å². The largest absolute Gasteiger partial charge is 0.317 e. The molecule has 0 aliphatic carbocycles. The maximum absolute atomic E-state index is 12.1. The van der Waals surface area contributed by atoms with Gasteiger partial charge in [0.15, 0.2) is 0 Å². The Balaban J connectivity index is 2.10. The minimum absolute atomic E-state index is 0.164. The molecule has 3 heterocycles. The molecule has 0 saturated carbocycles. The molecule has 1 aromatic carbocycles. The molecule has 4 aromatic rings. The summed E-state index contributed by atoms with van der Waals surface area (Å²) in [6, 6.07) is 11.8. The van der Waals surface area contributed by atoms with Gasteiger partial charge in [0, 0.05) is 11.1 Å². The summed E-state index contributed by atoms with van der Waals surface area (Å²) in [7, 11) is 0. The van der Waals surface area contributed by atoms with Crippen molar-refractivity contribution in [3.63, 3.8) is 0 Å². The number of aromatic amines is 1. The van der Waals surface area contributed by atoms with Crippen LogP contribution >= 0.6 is 11.3 Å². The van der Waals surface area contributed by atoms with Crippen molar-refractivity contribution in [3.05, 3.63) is 57.8 Å². The molecule has 0 fully saturated rings. The van der Waals surface area contributed by atoms with E-state index in [1.807, 2.05) is 40.9 Å². The van der Waals surface area contributed by atoms with Crippen molar-refractivity contribution < 1.29 is 0 Å². The summed E-state index contributed by atoms with van der Waals surface area (Å²) in [5, 5.41) is 0. The predicted octanol–water partition coefficient (Wildman–Crippen LogP) is 3.21. The quantitative estimate of drug-likeness (QED) is 0.582. The number of nitrogens with zero attached hydrogens (tertiary/aromatic N) is 2. The van der Waals surface area contributed by atoms with Gasteiger partial charge in [0.2, 0.25) is 5.65 Å². The van der Waals surface area contributed by atoms with Crippen LogP contribution in [0, 0.1) is 6.92 Å². The summed E-state index contributed by atoms with van der Waals surface area (Å²) in [6.45, 7) is 2.06. The maximum atomic E-state index is 12.1. The Kier molecular flexibility index (Phi) is 2.31. The zero-order valence-corrected chi connectivity index (χ0v) is 11.6. The van der Waals surface area contributed by atoms with Crippen LogP contribution in [-0.4, -0.2) is 14.4 Å². The maximum Gasteiger partial charge on any atom is 0.292 e. The van der Waals surface area contributed by atoms with E-state index < -0.39 is 0 Å². The lowest BCUT2D eigenvalue weighted by molar-refractivity contribution is 1.17. The molecule has 98 valence electrons. The Bertz CT molecular complexity index is 993. The lowest BCUT2D eigenvalue weighted by Gasteiger charge is -1.99. The number of hydrogen-bond donors (Lipinski definition) is 1. The fourth-order valence-electron chi connectivity index (χ4n) is 2.38. The van der Waals surface area contributed by atoms with Gasteiger partial charge in [0.25, 0.3) is 5.56 Å². The van der Waals surface area contributed by atoms with E-state index in [1.165, 1.54) is 4.88 Å². The van der Waals surface area contributed by atoms with Crippen LogP contribution in [0.15, 0.2) is 47.4 Å². The van der Waals surface area contributed by atoms with Crippen molar-refractivity contribution in [1.29, 1.82) is 0 Å². The van der Waals surface area contributed by atoms with E-state index in [1.54, 1.807) is 11.3 Å². The first-order valence-corrected chi connectivity index (χ1v) is 7.11. The molecular formula is C15H11N3OS. The highest BCUT2D eigenvalue weighted by Crippen LogP contribution is 2.27. The van der Waals surface area contributed by atoms with Crippen LogP contribution in [0.4, 0.5) is 0 Å². The molecule has 3 aromatic heterocycles. The zero-order chi connectivity index (χ0) is 13.7. The summed E-state index contributed by atoms with van der Waals surface area (Å²) in [4.78, 5) is 21.8. The van der Waals surface area contributed by atoms with E-state index in [-0.39, 0.29) is 5.56 Å². The van der Waals surface area contributed by atoms with Gasteiger partial charge in [-0.15, -0.1) is 11.3 Å². The van der Waals surface area contributed by atoms with E-state index in [4.69, 9.17) is 0 Å². The van der Waals surface area contributed by atoms with Gasteiger partial charge in [-0.3, -0.25) is 9.20 Å². The Labute approximate surface area is 118 Å². The molecule has 0 unspecified atom stereocenters. The Morgan fingerprint density at radius 3 is 2.85 bits per heavy atom. The second-order valence-electron chi connectivity index (χ2n) is 4.70. The predicted molar refractivity (Wildman–Crippen MR) is 81.4 cm³/mol. The highest BCUT2D eigenvalue weighted by Gasteiger charge is 2.11. The molecule has 0 amide bonds. The number of hydrogen-bond acceptors (Lipinski definition) is 3. The summed E-state index contributed by atoms with van der Waals surface area (Å²) in [5.41, 5.74) is 2.88. The van der Waals surface area contributed by atoms with Crippen molar-refractivity contribution in [2.75, 3.05) is 0 Å². The first kappa shape index (κ1) is 11.4. The van der Waals surface area contributed by atoms with E-state index in [2.05, 4.69) is 23.0 Å². The van der Waals surface area contributed by atoms with Crippen LogP contribution in [-0.2, 0) is 0 Å². The smallest absolute Gasteiger partial charge is 0.292 e. The van der Waals surface area contributed by atoms with Crippen LogP contribution in [0.1, 0.15) is 4.88 Å². The summed E-state index contributed by atoms with van der Waals surface area (Å²) in [6.07, 6.45) is 1.93. The van der Waals surface area contributed by atoms with Crippen molar-refractivity contribution >= 4 is 28.0 Å². The number of H-pyrrole nitrogens is 1. The third kappa shape index (κ3) is 1.60. The lowest BCUT2D eigenvalue weighted by atomic mass is 10.3. The standard InChI is InChI=1S/C15H11N3OS/c1-9-6-7-13(20-9)11-8-18-12-5-3-2-4-10(12)17-15(19)14(18)16-11/h2-8H,1H3,(H,17,19). The third-order valence-electron chi connectivity index (χ3n) is 3.31. The summed E-state index contributed by atoms with van der Waals surface area (Å²) >= 11 is 1.68. The zero-order valence-electron chi connectivity index (χ0n) is 10.8. The highest BCUT2D eigenvalue weighted by atomic mass is 32.1. The van der Waals surface area contributed by atoms with Gasteiger partial charge in [0.05, 0.1) is 21.6 Å². The van der Waals surface area contributed by atoms with Gasteiger partial charge in [-0.2, -0.15) is 0 Å². The molecule has 4 rings (SSSR count). The van der Waals surface area contributed by atoms with Crippen LogP contribution < -0.4 is 5.56 Å². The Morgan fingerprint density at radius 2 is 2.05 bits per heavy atom. The highest BCUT2D eigenvalue weighted by molar-refractivity contribution is 7.15. The number of rotatable bonds is 1. The van der Waals surface area contributed by atoms with Crippen molar-refractivity contribution in [2.45, 2.75) is 6.92 Å². The molecular weight excluding hydrogens is 270 g/mol. The molecule has 0 saturated heterocycles. The molecule has 0 aliphatic heterocycles.